The molecule has 0 aromatic carbocycles. The SMILES string of the molecule is CCC(C)OC(=O)c1coc([O])n1. The van der Waals surface area contributed by atoms with E-state index >= 15 is 0 Å². The summed E-state index contributed by atoms with van der Waals surface area (Å²) < 4.78 is 9.23. The van der Waals surface area contributed by atoms with E-state index in [-0.39, 0.29) is 11.8 Å². The Bertz CT molecular complexity index is 294. The van der Waals surface area contributed by atoms with E-state index in [4.69, 9.17) is 4.74 Å². The number of hydrogen-bond acceptors (Lipinski definition) is 4. The first kappa shape index (κ1) is 9.57. The van der Waals surface area contributed by atoms with Crippen molar-refractivity contribution in [2.75, 3.05) is 0 Å². The Morgan fingerprint density at radius 3 is 2.92 bits per heavy atom. The molecule has 1 aromatic heterocycles. The zero-order valence-corrected chi connectivity index (χ0v) is 7.44. The summed E-state index contributed by atoms with van der Waals surface area (Å²) in [5, 5.41) is 10.5. The number of esters is 1. The van der Waals surface area contributed by atoms with Crippen molar-refractivity contribution in [2.24, 2.45) is 0 Å². The maximum atomic E-state index is 11.1. The molecule has 71 valence electrons. The van der Waals surface area contributed by atoms with Gasteiger partial charge in [-0.3, -0.25) is 0 Å². The summed E-state index contributed by atoms with van der Waals surface area (Å²) in [6, 6.07) is 0. The first-order valence-corrected chi connectivity index (χ1v) is 3.97. The number of hydrogen-bond donors (Lipinski definition) is 0. The fraction of sp³-hybridized carbons (Fsp3) is 0.500. The average molecular weight is 184 g/mol. The lowest BCUT2D eigenvalue weighted by molar-refractivity contribution is 0.0327. The van der Waals surface area contributed by atoms with Crippen molar-refractivity contribution >= 4 is 5.97 Å². The van der Waals surface area contributed by atoms with Gasteiger partial charge in [0.05, 0.1) is 6.10 Å². The molecule has 1 unspecified atom stereocenters. The Kier molecular flexibility index (Phi) is 2.89. The molecule has 13 heavy (non-hydrogen) atoms. The fourth-order valence-electron chi connectivity index (χ4n) is 0.677. The zero-order chi connectivity index (χ0) is 9.84. The molecular formula is C8H10NO4. The Morgan fingerprint density at radius 2 is 2.46 bits per heavy atom. The van der Waals surface area contributed by atoms with Crippen LogP contribution in [0.1, 0.15) is 30.8 Å². The molecule has 0 aliphatic heterocycles. The summed E-state index contributed by atoms with van der Waals surface area (Å²) in [5.41, 5.74) is -0.0784. The van der Waals surface area contributed by atoms with Gasteiger partial charge in [0.25, 0.3) is 0 Å². The van der Waals surface area contributed by atoms with Gasteiger partial charge in [-0.25, -0.2) is 9.90 Å². The van der Waals surface area contributed by atoms with Crippen LogP contribution in [-0.2, 0) is 9.84 Å². The second-order valence-electron chi connectivity index (χ2n) is 2.62. The third-order valence-electron chi connectivity index (χ3n) is 1.58. The topological polar surface area (TPSA) is 72.2 Å². The third-order valence-corrected chi connectivity index (χ3v) is 1.58. The molecule has 0 amide bonds. The van der Waals surface area contributed by atoms with E-state index in [1.807, 2.05) is 6.92 Å². The van der Waals surface area contributed by atoms with E-state index in [0.717, 1.165) is 6.26 Å². The van der Waals surface area contributed by atoms with Gasteiger partial charge in [0, 0.05) is 0 Å². The number of carbonyl (C=O) groups is 1. The minimum Gasteiger partial charge on any atom is -0.458 e. The highest BCUT2D eigenvalue weighted by atomic mass is 16.5. The van der Waals surface area contributed by atoms with Crippen LogP contribution in [-0.4, -0.2) is 17.1 Å². The van der Waals surface area contributed by atoms with Crippen molar-refractivity contribution in [3.63, 3.8) is 0 Å². The molecule has 0 fully saturated rings. The maximum Gasteiger partial charge on any atom is 0.439 e. The number of aromatic nitrogens is 1. The largest absolute Gasteiger partial charge is 0.458 e. The van der Waals surface area contributed by atoms with Crippen molar-refractivity contribution in [1.82, 2.24) is 4.98 Å². The van der Waals surface area contributed by atoms with Gasteiger partial charge in [0.1, 0.15) is 6.26 Å². The highest BCUT2D eigenvalue weighted by Gasteiger charge is 2.15. The minimum atomic E-state index is -0.781. The number of nitrogens with zero attached hydrogens (tertiary/aromatic N) is 1. The van der Waals surface area contributed by atoms with Crippen molar-refractivity contribution < 1.29 is 19.1 Å². The van der Waals surface area contributed by atoms with Gasteiger partial charge in [0.2, 0.25) is 0 Å². The van der Waals surface area contributed by atoms with Crippen LogP contribution < -0.4 is 0 Å². The maximum absolute atomic E-state index is 11.1. The Balaban J connectivity index is 2.58. The van der Waals surface area contributed by atoms with Gasteiger partial charge in [-0.2, -0.15) is 4.98 Å². The van der Waals surface area contributed by atoms with E-state index in [2.05, 4.69) is 9.40 Å². The molecule has 0 N–H and O–H groups in total. The first-order chi connectivity index (χ1) is 6.13. The summed E-state index contributed by atoms with van der Waals surface area (Å²) in [5.74, 6) is -0.625. The molecule has 0 saturated heterocycles. The van der Waals surface area contributed by atoms with Crippen LogP contribution in [0.15, 0.2) is 10.7 Å². The predicted octanol–water partition coefficient (Wildman–Crippen LogP) is 1.77. The number of ether oxygens (including phenoxy) is 1. The van der Waals surface area contributed by atoms with Gasteiger partial charge >= 0.3 is 12.0 Å². The molecule has 5 heteroatoms. The lowest BCUT2D eigenvalue weighted by Gasteiger charge is -2.08. The molecule has 1 rings (SSSR count). The van der Waals surface area contributed by atoms with Gasteiger partial charge in [-0.15, -0.1) is 0 Å². The lowest BCUT2D eigenvalue weighted by Crippen LogP contribution is -2.14. The Hall–Kier alpha value is -1.52. The normalized spacial score (nSPS) is 12.5. The zero-order valence-electron chi connectivity index (χ0n) is 7.44. The van der Waals surface area contributed by atoms with Crippen molar-refractivity contribution in [3.05, 3.63) is 12.0 Å². The van der Waals surface area contributed by atoms with Gasteiger partial charge < -0.3 is 9.15 Å². The van der Waals surface area contributed by atoms with Gasteiger partial charge in [-0.05, 0) is 13.3 Å². The molecule has 1 radical (unpaired) electrons. The van der Waals surface area contributed by atoms with Crippen molar-refractivity contribution in [1.29, 1.82) is 0 Å². The highest BCUT2D eigenvalue weighted by molar-refractivity contribution is 5.86. The molecule has 0 aliphatic rings. The fourth-order valence-corrected chi connectivity index (χ4v) is 0.677. The summed E-state index contributed by atoms with van der Waals surface area (Å²) in [6.45, 7) is 3.65. The van der Waals surface area contributed by atoms with Crippen LogP contribution in [0.25, 0.3) is 0 Å². The Labute approximate surface area is 75.3 Å². The monoisotopic (exact) mass is 184 g/mol. The second kappa shape index (κ2) is 3.93. The smallest absolute Gasteiger partial charge is 0.439 e. The number of carbonyl (C=O) groups excluding carboxylic acids is 1. The van der Waals surface area contributed by atoms with Crippen molar-refractivity contribution in [3.8, 4) is 6.08 Å². The highest BCUT2D eigenvalue weighted by Crippen LogP contribution is 2.10. The molecule has 5 nitrogen and oxygen atoms in total. The van der Waals surface area contributed by atoms with Crippen LogP contribution in [0.3, 0.4) is 0 Å². The standard InChI is InChI=1S/C8H10NO4/c1-3-5(2)13-7(10)6-4-12-8(11)9-6/h4-5H,3H2,1-2H3. The van der Waals surface area contributed by atoms with E-state index in [1.165, 1.54) is 0 Å². The van der Waals surface area contributed by atoms with Crippen LogP contribution in [0.4, 0.5) is 0 Å². The predicted molar refractivity (Wildman–Crippen MR) is 41.8 cm³/mol. The summed E-state index contributed by atoms with van der Waals surface area (Å²) in [7, 11) is 0. The number of oxazole rings is 1. The number of rotatable bonds is 3. The third kappa shape index (κ3) is 2.47. The van der Waals surface area contributed by atoms with E-state index < -0.39 is 12.0 Å². The summed E-state index contributed by atoms with van der Waals surface area (Å²) in [6.07, 6.45) is 0.747. The first-order valence-electron chi connectivity index (χ1n) is 3.97. The quantitative estimate of drug-likeness (QED) is 0.671. The Morgan fingerprint density at radius 1 is 1.77 bits per heavy atom. The molecule has 1 atom stereocenters. The van der Waals surface area contributed by atoms with E-state index in [9.17, 15) is 9.90 Å². The molecule has 0 bridgehead atoms. The molecular weight excluding hydrogens is 174 g/mol. The van der Waals surface area contributed by atoms with Gasteiger partial charge in [0.15, 0.2) is 5.69 Å². The van der Waals surface area contributed by atoms with E-state index in [1.54, 1.807) is 6.92 Å². The second-order valence-corrected chi connectivity index (χ2v) is 2.62. The summed E-state index contributed by atoms with van der Waals surface area (Å²) >= 11 is 0. The molecule has 0 spiro atoms. The van der Waals surface area contributed by atoms with Crippen LogP contribution >= 0.6 is 0 Å². The van der Waals surface area contributed by atoms with E-state index in [0.29, 0.717) is 6.42 Å². The van der Waals surface area contributed by atoms with Gasteiger partial charge in [-0.1, -0.05) is 6.92 Å². The molecule has 0 saturated carbocycles. The average Bonchev–Trinajstić information content (AvgIpc) is 2.51. The van der Waals surface area contributed by atoms with Crippen LogP contribution in [0, 0.1) is 0 Å². The molecule has 0 aliphatic carbocycles. The van der Waals surface area contributed by atoms with Crippen LogP contribution in [0.2, 0.25) is 0 Å². The lowest BCUT2D eigenvalue weighted by atomic mass is 10.3. The van der Waals surface area contributed by atoms with Crippen LogP contribution in [0.5, 0.6) is 6.08 Å². The molecule has 1 aromatic rings. The van der Waals surface area contributed by atoms with Crippen molar-refractivity contribution in [2.45, 2.75) is 26.4 Å². The molecule has 1 heterocycles. The summed E-state index contributed by atoms with van der Waals surface area (Å²) in [4.78, 5) is 14.4. The minimum absolute atomic E-state index is 0.0784.